The lowest BCUT2D eigenvalue weighted by Crippen LogP contribution is -2.31. The number of carbonyl (C=O) groups excluding carboxylic acids is 1. The quantitative estimate of drug-likeness (QED) is 0.575. The molecule has 2 aromatic rings. The van der Waals surface area contributed by atoms with Crippen molar-refractivity contribution in [3.8, 4) is 5.75 Å². The first kappa shape index (κ1) is 23.2. The molecule has 2 rings (SSSR count). The summed E-state index contributed by atoms with van der Waals surface area (Å²) in [6.07, 6.45) is 1.34. The van der Waals surface area contributed by atoms with E-state index in [-0.39, 0.29) is 16.1 Å². The predicted octanol–water partition coefficient (Wildman–Crippen LogP) is 2.92. The van der Waals surface area contributed by atoms with Gasteiger partial charge in [-0.05, 0) is 25.1 Å². The SMILES string of the molecule is CCN(CC)S(=O)(=O)c1ccc(SC(C)C(=O)NCc2ccccc2OC)nc1. The van der Waals surface area contributed by atoms with Gasteiger partial charge < -0.3 is 10.1 Å². The summed E-state index contributed by atoms with van der Waals surface area (Å²) in [5, 5.41) is 3.09. The van der Waals surface area contributed by atoms with Gasteiger partial charge in [-0.3, -0.25) is 4.79 Å². The number of hydrogen-bond acceptors (Lipinski definition) is 6. The standard InChI is InChI=1S/C20H27N3O4S2/c1-5-23(6-2)29(25,26)17-11-12-19(21-14-17)28-15(3)20(24)22-13-16-9-7-8-10-18(16)27-4/h7-12,14-15H,5-6,13H2,1-4H3,(H,22,24). The van der Waals surface area contributed by atoms with Crippen LogP contribution in [0.4, 0.5) is 0 Å². The average molecular weight is 438 g/mol. The molecule has 9 heteroatoms. The lowest BCUT2D eigenvalue weighted by molar-refractivity contribution is -0.120. The van der Waals surface area contributed by atoms with E-state index in [1.807, 2.05) is 24.3 Å². The third-order valence-corrected chi connectivity index (χ3v) is 7.45. The lowest BCUT2D eigenvalue weighted by Gasteiger charge is -2.18. The number of nitrogens with one attached hydrogen (secondary N) is 1. The van der Waals surface area contributed by atoms with Crippen molar-refractivity contribution in [2.75, 3.05) is 20.2 Å². The summed E-state index contributed by atoms with van der Waals surface area (Å²) in [4.78, 5) is 16.8. The Hall–Kier alpha value is -2.10. The van der Waals surface area contributed by atoms with E-state index in [0.717, 1.165) is 11.3 Å². The first-order valence-electron chi connectivity index (χ1n) is 9.35. The summed E-state index contributed by atoms with van der Waals surface area (Å²) in [5.41, 5.74) is 0.893. The monoisotopic (exact) mass is 437 g/mol. The second-order valence-electron chi connectivity index (χ2n) is 6.21. The van der Waals surface area contributed by atoms with Gasteiger partial charge in [0.15, 0.2) is 0 Å². The Balaban J connectivity index is 1.98. The Morgan fingerprint density at radius 2 is 1.90 bits per heavy atom. The molecule has 29 heavy (non-hydrogen) atoms. The van der Waals surface area contributed by atoms with Crippen molar-refractivity contribution in [2.24, 2.45) is 0 Å². The van der Waals surface area contributed by atoms with Crippen molar-refractivity contribution >= 4 is 27.7 Å². The minimum absolute atomic E-state index is 0.137. The number of rotatable bonds is 10. The number of benzene rings is 1. The highest BCUT2D eigenvalue weighted by Crippen LogP contribution is 2.24. The van der Waals surface area contributed by atoms with Gasteiger partial charge in [-0.2, -0.15) is 4.31 Å². The Bertz CT molecular complexity index is 914. The summed E-state index contributed by atoms with van der Waals surface area (Å²) < 4.78 is 31.7. The Morgan fingerprint density at radius 3 is 2.48 bits per heavy atom. The maximum Gasteiger partial charge on any atom is 0.244 e. The number of nitrogens with zero attached hydrogens (tertiary/aromatic N) is 2. The molecule has 1 aromatic carbocycles. The molecular weight excluding hydrogens is 410 g/mol. The first-order valence-corrected chi connectivity index (χ1v) is 11.7. The van der Waals surface area contributed by atoms with Gasteiger partial charge in [0.25, 0.3) is 0 Å². The number of methoxy groups -OCH3 is 1. The molecule has 0 aliphatic carbocycles. The Kier molecular flexibility index (Phi) is 8.48. The zero-order valence-corrected chi connectivity index (χ0v) is 18.7. The molecule has 0 fully saturated rings. The molecule has 1 aromatic heterocycles. The van der Waals surface area contributed by atoms with Crippen molar-refractivity contribution in [3.05, 3.63) is 48.2 Å². The van der Waals surface area contributed by atoms with Crippen molar-refractivity contribution in [1.82, 2.24) is 14.6 Å². The molecule has 1 amide bonds. The number of para-hydroxylation sites is 1. The van der Waals surface area contributed by atoms with Crippen LogP contribution in [-0.2, 0) is 21.4 Å². The maximum absolute atomic E-state index is 12.5. The zero-order valence-electron chi connectivity index (χ0n) is 17.1. The van der Waals surface area contributed by atoms with E-state index >= 15 is 0 Å². The van der Waals surface area contributed by atoms with E-state index in [2.05, 4.69) is 10.3 Å². The van der Waals surface area contributed by atoms with Crippen LogP contribution in [0.15, 0.2) is 52.5 Å². The van der Waals surface area contributed by atoms with E-state index in [1.165, 1.54) is 28.3 Å². The first-order chi connectivity index (χ1) is 13.8. The number of sulfonamides is 1. The number of hydrogen-bond donors (Lipinski definition) is 1. The smallest absolute Gasteiger partial charge is 0.244 e. The molecule has 1 heterocycles. The van der Waals surface area contributed by atoms with Crippen LogP contribution in [0.2, 0.25) is 0 Å². The van der Waals surface area contributed by atoms with E-state index in [1.54, 1.807) is 33.9 Å². The molecular formula is C20H27N3O4S2. The highest BCUT2D eigenvalue weighted by Gasteiger charge is 2.22. The largest absolute Gasteiger partial charge is 0.496 e. The fraction of sp³-hybridized carbons (Fsp3) is 0.400. The highest BCUT2D eigenvalue weighted by atomic mass is 32.2. The second kappa shape index (κ2) is 10.6. The summed E-state index contributed by atoms with van der Waals surface area (Å²) in [6, 6.07) is 10.7. The molecule has 0 aliphatic heterocycles. The summed E-state index contributed by atoms with van der Waals surface area (Å²) in [6.45, 7) is 6.54. The van der Waals surface area contributed by atoms with E-state index < -0.39 is 10.0 Å². The van der Waals surface area contributed by atoms with Gasteiger partial charge in [0.2, 0.25) is 15.9 Å². The van der Waals surface area contributed by atoms with Crippen molar-refractivity contribution in [1.29, 1.82) is 0 Å². The topological polar surface area (TPSA) is 88.6 Å². The molecule has 0 spiro atoms. The van der Waals surface area contributed by atoms with Crippen LogP contribution in [-0.4, -0.2) is 49.1 Å². The summed E-state index contributed by atoms with van der Waals surface area (Å²) in [7, 11) is -1.95. The van der Waals surface area contributed by atoms with Crippen LogP contribution < -0.4 is 10.1 Å². The maximum atomic E-state index is 12.5. The van der Waals surface area contributed by atoms with Gasteiger partial charge >= 0.3 is 0 Å². The van der Waals surface area contributed by atoms with Gasteiger partial charge in [-0.1, -0.05) is 43.8 Å². The van der Waals surface area contributed by atoms with Crippen LogP contribution in [0, 0.1) is 0 Å². The highest BCUT2D eigenvalue weighted by molar-refractivity contribution is 8.00. The third kappa shape index (κ3) is 5.94. The predicted molar refractivity (Wildman–Crippen MR) is 115 cm³/mol. The molecule has 1 atom stereocenters. The average Bonchev–Trinajstić information content (AvgIpc) is 2.73. The molecule has 158 valence electrons. The molecule has 7 nitrogen and oxygen atoms in total. The lowest BCUT2D eigenvalue weighted by atomic mass is 10.2. The van der Waals surface area contributed by atoms with E-state index in [4.69, 9.17) is 4.74 Å². The fourth-order valence-electron chi connectivity index (χ4n) is 2.71. The van der Waals surface area contributed by atoms with Gasteiger partial charge in [0.05, 0.1) is 17.4 Å². The van der Waals surface area contributed by atoms with Crippen LogP contribution >= 0.6 is 11.8 Å². The number of carbonyl (C=O) groups is 1. The van der Waals surface area contributed by atoms with Gasteiger partial charge in [0.1, 0.15) is 10.6 Å². The minimum Gasteiger partial charge on any atom is -0.496 e. The van der Waals surface area contributed by atoms with Crippen LogP contribution in [0.3, 0.4) is 0 Å². The molecule has 0 saturated heterocycles. The zero-order chi connectivity index (χ0) is 21.4. The normalized spacial score (nSPS) is 12.6. The molecule has 0 radical (unpaired) electrons. The molecule has 0 saturated carbocycles. The van der Waals surface area contributed by atoms with Crippen molar-refractivity contribution < 1.29 is 17.9 Å². The fourth-order valence-corrected chi connectivity index (χ4v) is 4.93. The number of aromatic nitrogens is 1. The van der Waals surface area contributed by atoms with Gasteiger partial charge in [0, 0.05) is 31.4 Å². The Labute approximate surface area is 176 Å². The minimum atomic E-state index is -3.54. The van der Waals surface area contributed by atoms with Gasteiger partial charge in [-0.25, -0.2) is 13.4 Å². The number of thioether (sulfide) groups is 1. The van der Waals surface area contributed by atoms with Gasteiger partial charge in [-0.15, -0.1) is 0 Å². The van der Waals surface area contributed by atoms with Crippen LogP contribution in [0.1, 0.15) is 26.3 Å². The van der Waals surface area contributed by atoms with E-state index in [0.29, 0.717) is 24.7 Å². The number of ether oxygens (including phenoxy) is 1. The van der Waals surface area contributed by atoms with E-state index in [9.17, 15) is 13.2 Å². The molecule has 1 N–H and O–H groups in total. The third-order valence-electron chi connectivity index (χ3n) is 4.36. The second-order valence-corrected chi connectivity index (χ2v) is 9.51. The molecule has 0 aliphatic rings. The number of pyridine rings is 1. The molecule has 0 bridgehead atoms. The van der Waals surface area contributed by atoms with Crippen LogP contribution in [0.5, 0.6) is 5.75 Å². The Morgan fingerprint density at radius 1 is 1.21 bits per heavy atom. The van der Waals surface area contributed by atoms with Crippen LogP contribution in [0.25, 0.3) is 0 Å². The summed E-state index contributed by atoms with van der Waals surface area (Å²) >= 11 is 1.27. The van der Waals surface area contributed by atoms with Crippen molar-refractivity contribution in [2.45, 2.75) is 42.5 Å². The molecule has 1 unspecified atom stereocenters. The number of amides is 1. The summed E-state index contributed by atoms with van der Waals surface area (Å²) in [5.74, 6) is 0.585. The van der Waals surface area contributed by atoms with Crippen molar-refractivity contribution in [3.63, 3.8) is 0 Å².